The van der Waals surface area contributed by atoms with Gasteiger partial charge in [0.1, 0.15) is 0 Å². The van der Waals surface area contributed by atoms with Crippen molar-refractivity contribution in [3.63, 3.8) is 0 Å². The Bertz CT molecular complexity index is 333. The van der Waals surface area contributed by atoms with Crippen LogP contribution in [0, 0.1) is 0 Å². The molecule has 0 unspecified atom stereocenters. The summed E-state index contributed by atoms with van der Waals surface area (Å²) in [7, 11) is 1.37. The molecule has 0 aliphatic heterocycles. The zero-order chi connectivity index (χ0) is 10.0. The average molecular weight is 192 g/mol. The third-order valence-electron chi connectivity index (χ3n) is 2.51. The predicted molar refractivity (Wildman–Crippen MR) is 50.7 cm³/mol. The lowest BCUT2D eigenvalue weighted by molar-refractivity contribution is 0.165. The first-order valence-electron chi connectivity index (χ1n) is 4.53. The summed E-state index contributed by atoms with van der Waals surface area (Å²) in [4.78, 5) is 15.0. The normalized spacial score (nSPS) is 17.2. The minimum Gasteiger partial charge on any atom is -0.453 e. The van der Waals surface area contributed by atoms with Crippen LogP contribution in [0.4, 0.5) is 4.79 Å². The van der Waals surface area contributed by atoms with Crippen LogP contribution in [0.25, 0.3) is 0 Å². The molecular weight excluding hydrogens is 180 g/mol. The highest BCUT2D eigenvalue weighted by Crippen LogP contribution is 2.45. The summed E-state index contributed by atoms with van der Waals surface area (Å²) in [5.74, 6) is 0. The molecule has 1 aromatic rings. The maximum absolute atomic E-state index is 11.1. The van der Waals surface area contributed by atoms with Crippen LogP contribution in [0.3, 0.4) is 0 Å². The zero-order valence-electron chi connectivity index (χ0n) is 7.99. The molecule has 1 amide bonds. The molecule has 1 heterocycles. The SMILES string of the molecule is COC(=O)NC1(c2ccncc2)CC1. The summed E-state index contributed by atoms with van der Waals surface area (Å²) in [5, 5.41) is 2.84. The number of aromatic nitrogens is 1. The highest BCUT2D eigenvalue weighted by atomic mass is 16.5. The van der Waals surface area contributed by atoms with Gasteiger partial charge in [0.05, 0.1) is 12.6 Å². The number of carbonyl (C=O) groups is 1. The van der Waals surface area contributed by atoms with Gasteiger partial charge in [0.25, 0.3) is 0 Å². The molecule has 2 rings (SSSR count). The van der Waals surface area contributed by atoms with Gasteiger partial charge in [-0.05, 0) is 30.5 Å². The molecule has 1 aliphatic carbocycles. The van der Waals surface area contributed by atoms with Gasteiger partial charge in [-0.1, -0.05) is 0 Å². The first-order chi connectivity index (χ1) is 6.77. The molecule has 1 aromatic heterocycles. The number of alkyl carbamates (subject to hydrolysis) is 1. The molecule has 4 heteroatoms. The lowest BCUT2D eigenvalue weighted by Gasteiger charge is -2.16. The van der Waals surface area contributed by atoms with E-state index in [0.29, 0.717) is 0 Å². The Morgan fingerprint density at radius 3 is 2.64 bits per heavy atom. The van der Waals surface area contributed by atoms with Crippen LogP contribution in [0.2, 0.25) is 0 Å². The first-order valence-corrected chi connectivity index (χ1v) is 4.53. The van der Waals surface area contributed by atoms with Crippen LogP contribution < -0.4 is 5.32 Å². The fraction of sp³-hybridized carbons (Fsp3) is 0.400. The third kappa shape index (κ3) is 1.55. The minimum atomic E-state index is -0.376. The lowest BCUT2D eigenvalue weighted by atomic mass is 10.1. The summed E-state index contributed by atoms with van der Waals surface area (Å²) in [6, 6.07) is 3.84. The van der Waals surface area contributed by atoms with Gasteiger partial charge in [-0.15, -0.1) is 0 Å². The number of nitrogens with one attached hydrogen (secondary N) is 1. The summed E-state index contributed by atoms with van der Waals surface area (Å²) in [5.41, 5.74) is 0.897. The van der Waals surface area contributed by atoms with Crippen molar-refractivity contribution in [1.82, 2.24) is 10.3 Å². The van der Waals surface area contributed by atoms with Gasteiger partial charge in [0.15, 0.2) is 0 Å². The van der Waals surface area contributed by atoms with E-state index >= 15 is 0 Å². The largest absolute Gasteiger partial charge is 0.453 e. The molecule has 1 aliphatic rings. The van der Waals surface area contributed by atoms with E-state index in [0.717, 1.165) is 18.4 Å². The van der Waals surface area contributed by atoms with Crippen molar-refractivity contribution in [3.05, 3.63) is 30.1 Å². The molecule has 0 aromatic carbocycles. The van der Waals surface area contributed by atoms with E-state index in [2.05, 4.69) is 15.0 Å². The smallest absolute Gasteiger partial charge is 0.407 e. The number of hydrogen-bond donors (Lipinski definition) is 1. The standard InChI is InChI=1S/C10H12N2O2/c1-14-9(13)12-10(4-5-10)8-2-6-11-7-3-8/h2-3,6-7H,4-5H2,1H3,(H,12,13). The third-order valence-corrected chi connectivity index (χ3v) is 2.51. The maximum Gasteiger partial charge on any atom is 0.407 e. The molecule has 0 radical (unpaired) electrons. The Morgan fingerprint density at radius 1 is 1.50 bits per heavy atom. The van der Waals surface area contributed by atoms with Crippen molar-refractivity contribution < 1.29 is 9.53 Å². The second-order valence-electron chi connectivity index (χ2n) is 3.43. The lowest BCUT2D eigenvalue weighted by Crippen LogP contribution is -2.34. The highest BCUT2D eigenvalue weighted by Gasteiger charge is 2.45. The summed E-state index contributed by atoms with van der Waals surface area (Å²) < 4.78 is 4.58. The van der Waals surface area contributed by atoms with Gasteiger partial charge < -0.3 is 10.1 Å². The fourth-order valence-corrected chi connectivity index (χ4v) is 1.53. The first kappa shape index (κ1) is 8.99. The van der Waals surface area contributed by atoms with Crippen molar-refractivity contribution in [1.29, 1.82) is 0 Å². The number of carbonyl (C=O) groups excluding carboxylic acids is 1. The molecule has 1 saturated carbocycles. The van der Waals surface area contributed by atoms with E-state index < -0.39 is 0 Å². The Balaban J connectivity index is 2.14. The number of hydrogen-bond acceptors (Lipinski definition) is 3. The minimum absolute atomic E-state index is 0.198. The number of amides is 1. The Labute approximate surface area is 82.3 Å². The number of methoxy groups -OCH3 is 1. The average Bonchev–Trinajstić information content (AvgIpc) is 3.00. The second kappa shape index (κ2) is 3.29. The molecule has 74 valence electrons. The zero-order valence-corrected chi connectivity index (χ0v) is 7.99. The van der Waals surface area contributed by atoms with E-state index in [1.165, 1.54) is 7.11 Å². The van der Waals surface area contributed by atoms with Crippen molar-refractivity contribution in [2.24, 2.45) is 0 Å². The van der Waals surface area contributed by atoms with Gasteiger partial charge in [-0.2, -0.15) is 0 Å². The molecule has 0 spiro atoms. The summed E-state index contributed by atoms with van der Waals surface area (Å²) in [6.45, 7) is 0. The number of pyridine rings is 1. The Morgan fingerprint density at radius 2 is 2.14 bits per heavy atom. The van der Waals surface area contributed by atoms with Crippen molar-refractivity contribution in [3.8, 4) is 0 Å². The Hall–Kier alpha value is -1.58. The molecule has 0 saturated heterocycles. The van der Waals surface area contributed by atoms with Crippen LogP contribution in [-0.2, 0) is 10.3 Å². The monoisotopic (exact) mass is 192 g/mol. The van der Waals surface area contributed by atoms with Crippen molar-refractivity contribution in [2.45, 2.75) is 18.4 Å². The van der Waals surface area contributed by atoms with Crippen LogP contribution in [0.1, 0.15) is 18.4 Å². The van der Waals surface area contributed by atoms with Gasteiger partial charge >= 0.3 is 6.09 Å². The van der Waals surface area contributed by atoms with Gasteiger partial charge in [0, 0.05) is 12.4 Å². The van der Waals surface area contributed by atoms with Crippen LogP contribution in [0.15, 0.2) is 24.5 Å². The van der Waals surface area contributed by atoms with Gasteiger partial charge in [-0.25, -0.2) is 4.79 Å². The van der Waals surface area contributed by atoms with Crippen LogP contribution >= 0.6 is 0 Å². The quantitative estimate of drug-likeness (QED) is 0.771. The molecule has 0 bridgehead atoms. The van der Waals surface area contributed by atoms with Crippen molar-refractivity contribution >= 4 is 6.09 Å². The van der Waals surface area contributed by atoms with E-state index in [4.69, 9.17) is 0 Å². The topological polar surface area (TPSA) is 51.2 Å². The molecular formula is C10H12N2O2. The predicted octanol–water partition coefficient (Wildman–Crippen LogP) is 1.43. The Kier molecular flexibility index (Phi) is 2.11. The summed E-state index contributed by atoms with van der Waals surface area (Å²) in [6.07, 6.45) is 5.01. The second-order valence-corrected chi connectivity index (χ2v) is 3.43. The van der Waals surface area contributed by atoms with E-state index in [9.17, 15) is 4.79 Å². The van der Waals surface area contributed by atoms with Gasteiger partial charge in [0.2, 0.25) is 0 Å². The van der Waals surface area contributed by atoms with E-state index in [-0.39, 0.29) is 11.6 Å². The molecule has 4 nitrogen and oxygen atoms in total. The van der Waals surface area contributed by atoms with E-state index in [1.807, 2.05) is 12.1 Å². The number of nitrogens with zero attached hydrogens (tertiary/aromatic N) is 1. The van der Waals surface area contributed by atoms with Crippen LogP contribution in [-0.4, -0.2) is 18.2 Å². The highest BCUT2D eigenvalue weighted by molar-refractivity contribution is 5.69. The maximum atomic E-state index is 11.1. The van der Waals surface area contributed by atoms with Crippen molar-refractivity contribution in [2.75, 3.05) is 7.11 Å². The number of ether oxygens (including phenoxy) is 1. The van der Waals surface area contributed by atoms with E-state index in [1.54, 1.807) is 12.4 Å². The fourth-order valence-electron chi connectivity index (χ4n) is 1.53. The molecule has 1 fully saturated rings. The molecule has 14 heavy (non-hydrogen) atoms. The van der Waals surface area contributed by atoms with Gasteiger partial charge in [-0.3, -0.25) is 4.98 Å². The number of rotatable bonds is 2. The summed E-state index contributed by atoms with van der Waals surface area (Å²) >= 11 is 0. The van der Waals surface area contributed by atoms with Crippen LogP contribution in [0.5, 0.6) is 0 Å². The molecule has 0 atom stereocenters. The molecule has 1 N–H and O–H groups in total.